The second kappa shape index (κ2) is 7.05. The van der Waals surface area contributed by atoms with E-state index in [1.54, 1.807) is 6.92 Å². The van der Waals surface area contributed by atoms with Crippen molar-refractivity contribution in [3.8, 4) is 12.3 Å². The zero-order valence-electron chi connectivity index (χ0n) is 10.5. The number of benzene rings is 1. The third-order valence-corrected chi connectivity index (χ3v) is 2.84. The summed E-state index contributed by atoms with van der Waals surface area (Å²) in [5.41, 5.74) is 1.04. The van der Waals surface area contributed by atoms with E-state index in [2.05, 4.69) is 16.6 Å². The summed E-state index contributed by atoms with van der Waals surface area (Å²) >= 11 is 5.93. The van der Waals surface area contributed by atoms with Gasteiger partial charge < -0.3 is 5.32 Å². The third-order valence-electron chi connectivity index (χ3n) is 2.61. The van der Waals surface area contributed by atoms with E-state index < -0.39 is 0 Å². The summed E-state index contributed by atoms with van der Waals surface area (Å²) in [5.74, 6) is 2.26. The fraction of sp³-hybridized carbons (Fsp3) is 0.357. The number of carbonyl (C=O) groups is 1. The van der Waals surface area contributed by atoms with Crippen molar-refractivity contribution in [3.63, 3.8) is 0 Å². The van der Waals surface area contributed by atoms with Crippen LogP contribution in [0, 0.1) is 12.3 Å². The standard InChI is InChI=1S/C14H17ClN2O/c1-4-8-16-14(18)11(3)17-10(2)12-6-5-7-13(15)9-12/h1,5-7,9-11,17H,8H2,2-3H3,(H,16,18)/t10-,11?/m1/s1. The molecule has 0 heterocycles. The van der Waals surface area contributed by atoms with Crippen LogP contribution in [0.25, 0.3) is 0 Å². The molecule has 0 aliphatic carbocycles. The Morgan fingerprint density at radius 2 is 2.22 bits per heavy atom. The average Bonchev–Trinajstić information content (AvgIpc) is 2.35. The van der Waals surface area contributed by atoms with Crippen LogP contribution in [-0.4, -0.2) is 18.5 Å². The van der Waals surface area contributed by atoms with Crippen molar-refractivity contribution in [2.45, 2.75) is 25.9 Å². The number of hydrogen-bond acceptors (Lipinski definition) is 2. The fourth-order valence-electron chi connectivity index (χ4n) is 1.61. The summed E-state index contributed by atoms with van der Waals surface area (Å²) in [4.78, 5) is 11.6. The maximum absolute atomic E-state index is 11.6. The summed E-state index contributed by atoms with van der Waals surface area (Å²) in [6.07, 6.45) is 5.09. The Labute approximate surface area is 113 Å². The van der Waals surface area contributed by atoms with Crippen molar-refractivity contribution in [1.82, 2.24) is 10.6 Å². The van der Waals surface area contributed by atoms with Crippen molar-refractivity contribution in [3.05, 3.63) is 34.9 Å². The molecule has 1 aromatic carbocycles. The van der Waals surface area contributed by atoms with Crippen molar-refractivity contribution >= 4 is 17.5 Å². The normalized spacial score (nSPS) is 13.4. The molecule has 1 rings (SSSR count). The fourth-order valence-corrected chi connectivity index (χ4v) is 1.81. The molecule has 0 aromatic heterocycles. The predicted molar refractivity (Wildman–Crippen MR) is 74.3 cm³/mol. The maximum Gasteiger partial charge on any atom is 0.237 e. The SMILES string of the molecule is C#CCNC(=O)C(C)N[C@H](C)c1cccc(Cl)c1. The van der Waals surface area contributed by atoms with E-state index in [4.69, 9.17) is 18.0 Å². The van der Waals surface area contributed by atoms with Crippen LogP contribution in [0.4, 0.5) is 0 Å². The van der Waals surface area contributed by atoms with E-state index in [-0.39, 0.29) is 24.5 Å². The van der Waals surface area contributed by atoms with Gasteiger partial charge in [-0.05, 0) is 31.5 Å². The molecule has 0 saturated heterocycles. The summed E-state index contributed by atoms with van der Waals surface area (Å²) in [5, 5.41) is 6.52. The van der Waals surface area contributed by atoms with E-state index in [9.17, 15) is 4.79 Å². The highest BCUT2D eigenvalue weighted by atomic mass is 35.5. The highest BCUT2D eigenvalue weighted by molar-refractivity contribution is 6.30. The lowest BCUT2D eigenvalue weighted by Crippen LogP contribution is -2.43. The Kier molecular flexibility index (Phi) is 5.70. The van der Waals surface area contributed by atoms with E-state index in [1.807, 2.05) is 31.2 Å². The van der Waals surface area contributed by atoms with Crippen LogP contribution in [0.3, 0.4) is 0 Å². The smallest absolute Gasteiger partial charge is 0.237 e. The molecule has 2 atom stereocenters. The Hall–Kier alpha value is -1.50. The van der Waals surface area contributed by atoms with Gasteiger partial charge in [-0.15, -0.1) is 6.42 Å². The molecular weight excluding hydrogens is 248 g/mol. The van der Waals surface area contributed by atoms with Crippen molar-refractivity contribution in [2.75, 3.05) is 6.54 Å². The number of carbonyl (C=O) groups excluding carboxylic acids is 1. The highest BCUT2D eigenvalue weighted by Crippen LogP contribution is 2.17. The Balaban J connectivity index is 2.57. The summed E-state index contributed by atoms with van der Waals surface area (Å²) < 4.78 is 0. The summed E-state index contributed by atoms with van der Waals surface area (Å²) in [6.45, 7) is 4.03. The minimum atomic E-state index is -0.313. The molecule has 1 aromatic rings. The third kappa shape index (κ3) is 4.40. The van der Waals surface area contributed by atoms with Crippen LogP contribution >= 0.6 is 11.6 Å². The van der Waals surface area contributed by atoms with Crippen LogP contribution in [0.2, 0.25) is 5.02 Å². The van der Waals surface area contributed by atoms with Crippen LogP contribution in [0.5, 0.6) is 0 Å². The van der Waals surface area contributed by atoms with Gasteiger partial charge in [-0.25, -0.2) is 0 Å². The summed E-state index contributed by atoms with van der Waals surface area (Å²) in [7, 11) is 0. The number of nitrogens with one attached hydrogen (secondary N) is 2. The van der Waals surface area contributed by atoms with Gasteiger partial charge in [-0.1, -0.05) is 29.7 Å². The summed E-state index contributed by atoms with van der Waals surface area (Å²) in [6, 6.07) is 7.28. The second-order valence-electron chi connectivity index (χ2n) is 4.09. The molecule has 0 aliphatic rings. The van der Waals surface area contributed by atoms with Crippen LogP contribution in [0.1, 0.15) is 25.5 Å². The number of halogens is 1. The molecule has 96 valence electrons. The molecule has 0 saturated carbocycles. The molecule has 1 amide bonds. The van der Waals surface area contributed by atoms with E-state index >= 15 is 0 Å². The van der Waals surface area contributed by atoms with Gasteiger partial charge >= 0.3 is 0 Å². The lowest BCUT2D eigenvalue weighted by molar-refractivity contribution is -0.122. The Morgan fingerprint density at radius 3 is 2.83 bits per heavy atom. The van der Waals surface area contributed by atoms with Crippen LogP contribution in [-0.2, 0) is 4.79 Å². The quantitative estimate of drug-likeness (QED) is 0.800. The van der Waals surface area contributed by atoms with E-state index in [0.29, 0.717) is 5.02 Å². The molecule has 0 radical (unpaired) electrons. The minimum absolute atomic E-state index is 0.0373. The number of terminal acetylenes is 1. The first-order chi connectivity index (χ1) is 8.54. The van der Waals surface area contributed by atoms with Gasteiger partial charge in [0.05, 0.1) is 12.6 Å². The topological polar surface area (TPSA) is 41.1 Å². The van der Waals surface area contributed by atoms with Crippen molar-refractivity contribution in [2.24, 2.45) is 0 Å². The monoisotopic (exact) mass is 264 g/mol. The van der Waals surface area contributed by atoms with Gasteiger partial charge in [0.25, 0.3) is 0 Å². The van der Waals surface area contributed by atoms with E-state index in [0.717, 1.165) is 5.56 Å². The minimum Gasteiger partial charge on any atom is -0.344 e. The molecule has 0 spiro atoms. The molecule has 3 nitrogen and oxygen atoms in total. The molecule has 0 bridgehead atoms. The van der Waals surface area contributed by atoms with Crippen molar-refractivity contribution < 1.29 is 4.79 Å². The number of rotatable bonds is 5. The van der Waals surface area contributed by atoms with Gasteiger partial charge in [0.2, 0.25) is 5.91 Å². The molecule has 2 N–H and O–H groups in total. The van der Waals surface area contributed by atoms with Crippen molar-refractivity contribution in [1.29, 1.82) is 0 Å². The first-order valence-electron chi connectivity index (χ1n) is 5.77. The van der Waals surface area contributed by atoms with Gasteiger partial charge in [-0.2, -0.15) is 0 Å². The lowest BCUT2D eigenvalue weighted by atomic mass is 10.1. The highest BCUT2D eigenvalue weighted by Gasteiger charge is 2.15. The Bertz CT molecular complexity index is 453. The zero-order chi connectivity index (χ0) is 13.5. The number of amides is 1. The van der Waals surface area contributed by atoms with E-state index in [1.165, 1.54) is 0 Å². The number of hydrogen-bond donors (Lipinski definition) is 2. The van der Waals surface area contributed by atoms with Gasteiger partial charge in [0.1, 0.15) is 0 Å². The van der Waals surface area contributed by atoms with Gasteiger partial charge in [-0.3, -0.25) is 10.1 Å². The zero-order valence-corrected chi connectivity index (χ0v) is 11.3. The van der Waals surface area contributed by atoms with Gasteiger partial charge in [0, 0.05) is 11.1 Å². The first-order valence-corrected chi connectivity index (χ1v) is 6.15. The van der Waals surface area contributed by atoms with Gasteiger partial charge in [0.15, 0.2) is 0 Å². The maximum atomic E-state index is 11.6. The predicted octanol–water partition coefficient (Wildman–Crippen LogP) is 2.13. The molecule has 18 heavy (non-hydrogen) atoms. The molecular formula is C14H17ClN2O. The average molecular weight is 265 g/mol. The molecule has 4 heteroatoms. The van der Waals surface area contributed by atoms with Crippen LogP contribution < -0.4 is 10.6 Å². The van der Waals surface area contributed by atoms with Crippen LogP contribution in [0.15, 0.2) is 24.3 Å². The molecule has 1 unspecified atom stereocenters. The second-order valence-corrected chi connectivity index (χ2v) is 4.52. The molecule has 0 fully saturated rings. The Morgan fingerprint density at radius 1 is 1.50 bits per heavy atom. The molecule has 0 aliphatic heterocycles. The lowest BCUT2D eigenvalue weighted by Gasteiger charge is -2.19. The first kappa shape index (κ1) is 14.6. The largest absolute Gasteiger partial charge is 0.344 e.